The molecular weight excluding hydrogens is 445 g/mol. The second-order valence-electron chi connectivity index (χ2n) is 4.68. The maximum Gasteiger partial charge on any atom is 0.335 e. The lowest BCUT2D eigenvalue weighted by Crippen LogP contribution is -1.99. The first-order valence-electron chi connectivity index (χ1n) is 6.65. The summed E-state index contributed by atoms with van der Waals surface area (Å²) >= 11 is 5.20. The van der Waals surface area contributed by atoms with Gasteiger partial charge in [0.2, 0.25) is 9.23 Å². The highest BCUT2D eigenvalue weighted by Gasteiger charge is 2.06. The van der Waals surface area contributed by atoms with E-state index in [9.17, 15) is 18.4 Å². The van der Waals surface area contributed by atoms with E-state index in [-0.39, 0.29) is 18.8 Å². The van der Waals surface area contributed by atoms with Crippen LogP contribution in [0.4, 0.5) is 8.78 Å². The summed E-state index contributed by atoms with van der Waals surface area (Å²) in [4.78, 5) is 21.0. The number of carboxylic acids is 1. The third-order valence-electron chi connectivity index (χ3n) is 2.82. The largest absolute Gasteiger partial charge is 0.478 e. The van der Waals surface area contributed by atoms with E-state index in [1.165, 1.54) is 30.3 Å². The normalized spacial score (nSPS) is 9.19. The first-order valence-corrected chi connectivity index (χ1v) is 9.83. The fraction of sp³-hybridized carbons (Fsp3) is 0.176. The summed E-state index contributed by atoms with van der Waals surface area (Å²) in [7, 11) is 7.36. The number of carbonyl (C=O) groups is 2. The van der Waals surface area contributed by atoms with Crippen LogP contribution in [0.1, 0.15) is 39.3 Å². The molecule has 0 aliphatic heterocycles. The molecule has 0 unspecified atom stereocenters. The van der Waals surface area contributed by atoms with Crippen molar-refractivity contribution in [3.8, 4) is 0 Å². The first-order chi connectivity index (χ1) is 12.0. The molecule has 1 N–H and O–H groups in total. The maximum atomic E-state index is 12.5. The second kappa shape index (κ2) is 13.6. The van der Waals surface area contributed by atoms with Crippen LogP contribution in [0.3, 0.4) is 0 Å². The Bertz CT molecular complexity index is 751. The number of carbonyl (C=O) groups excluding carboxylic acids is 1. The lowest BCUT2D eigenvalue weighted by molar-refractivity contribution is 0.0696. The van der Waals surface area contributed by atoms with E-state index in [2.05, 4.69) is 21.4 Å². The molecule has 0 saturated carbocycles. The van der Waals surface area contributed by atoms with Gasteiger partial charge in [-0.05, 0) is 73.0 Å². The highest BCUT2D eigenvalue weighted by molar-refractivity contribution is 8.26. The predicted molar refractivity (Wildman–Crippen MR) is 106 cm³/mol. The van der Waals surface area contributed by atoms with E-state index in [0.717, 1.165) is 6.07 Å². The van der Waals surface area contributed by atoms with Gasteiger partial charge in [-0.1, -0.05) is 7.43 Å². The standard InChI is InChI=1S/C8H6ClFO.C8H7FO2.CH4.Cl2OS/c1-5-4-6(10)2-3-7(5)8(9)11;1-5-4-6(9)2-3-7(5)8(10)11;;1-4(2)3/h2-4H,1H3;2-4H,1H3,(H,10,11);1H4;. The predicted octanol–water partition coefficient (Wildman–Crippen LogP) is 6.02. The van der Waals surface area contributed by atoms with Gasteiger partial charge in [-0.25, -0.2) is 17.8 Å². The molecule has 4 nitrogen and oxygen atoms in total. The summed E-state index contributed by atoms with van der Waals surface area (Å²) in [6.45, 7) is 3.20. The third kappa shape index (κ3) is 11.7. The Hall–Kier alpha value is -1.54. The number of halogens is 5. The first kappa shape index (κ1) is 27.7. The minimum Gasteiger partial charge on any atom is -0.478 e. The van der Waals surface area contributed by atoms with Gasteiger partial charge in [0.25, 0.3) is 5.24 Å². The van der Waals surface area contributed by atoms with E-state index in [4.69, 9.17) is 20.9 Å². The van der Waals surface area contributed by atoms with Crippen LogP contribution in [-0.4, -0.2) is 20.5 Å². The zero-order chi connectivity index (χ0) is 20.4. The van der Waals surface area contributed by atoms with Crippen molar-refractivity contribution in [2.24, 2.45) is 0 Å². The summed E-state index contributed by atoms with van der Waals surface area (Å²) in [6, 6.07) is 7.45. The Morgan fingerprint density at radius 1 is 0.926 bits per heavy atom. The Labute approximate surface area is 172 Å². The monoisotopic (exact) mass is 460 g/mol. The van der Waals surface area contributed by atoms with Crippen molar-refractivity contribution in [3.63, 3.8) is 0 Å². The molecule has 2 aromatic rings. The van der Waals surface area contributed by atoms with Crippen molar-refractivity contribution >= 4 is 53.4 Å². The molecular formula is C17H17Cl3F2O4S. The number of benzene rings is 2. The van der Waals surface area contributed by atoms with E-state index >= 15 is 0 Å². The molecule has 0 saturated heterocycles. The summed E-state index contributed by atoms with van der Waals surface area (Å²) in [5.74, 6) is -1.79. The zero-order valence-corrected chi connectivity index (χ0v) is 16.5. The lowest BCUT2D eigenvalue weighted by atomic mass is 10.1. The number of aryl methyl sites for hydroxylation is 2. The van der Waals surface area contributed by atoms with Crippen LogP contribution in [0.2, 0.25) is 0 Å². The van der Waals surface area contributed by atoms with Crippen LogP contribution in [-0.2, 0) is 9.23 Å². The Balaban J connectivity index is 0. The molecule has 0 radical (unpaired) electrons. The highest BCUT2D eigenvalue weighted by atomic mass is 36.0. The Kier molecular flexibility index (Phi) is 13.9. The van der Waals surface area contributed by atoms with Gasteiger partial charge in [0, 0.05) is 26.9 Å². The minimum atomic E-state index is -1.67. The fourth-order valence-corrected chi connectivity index (χ4v) is 1.93. The van der Waals surface area contributed by atoms with E-state index in [0.29, 0.717) is 16.7 Å². The van der Waals surface area contributed by atoms with Crippen molar-refractivity contribution < 1.29 is 27.7 Å². The van der Waals surface area contributed by atoms with E-state index in [1.54, 1.807) is 13.8 Å². The number of carboxylic acid groups (broad SMARTS) is 1. The topological polar surface area (TPSA) is 71.4 Å². The van der Waals surface area contributed by atoms with Crippen LogP contribution >= 0.6 is 33.0 Å². The molecule has 10 heteroatoms. The molecule has 2 aromatic carbocycles. The molecule has 0 atom stereocenters. The molecule has 0 spiro atoms. The molecule has 0 amide bonds. The number of aromatic carboxylic acids is 1. The molecule has 27 heavy (non-hydrogen) atoms. The quantitative estimate of drug-likeness (QED) is 0.555. The van der Waals surface area contributed by atoms with Crippen LogP contribution in [0, 0.1) is 25.5 Å². The second-order valence-corrected chi connectivity index (χ2v) is 7.55. The maximum absolute atomic E-state index is 12.5. The average Bonchev–Trinajstić information content (AvgIpc) is 2.46. The van der Waals surface area contributed by atoms with Crippen molar-refractivity contribution in [1.29, 1.82) is 0 Å². The number of hydrogen-bond donors (Lipinski definition) is 1. The van der Waals surface area contributed by atoms with E-state index in [1.807, 2.05) is 0 Å². The number of hydrogen-bond acceptors (Lipinski definition) is 3. The summed E-state index contributed by atoms with van der Waals surface area (Å²) in [5.41, 5.74) is 1.50. The molecule has 0 bridgehead atoms. The van der Waals surface area contributed by atoms with Crippen molar-refractivity contribution in [3.05, 3.63) is 70.3 Å². The molecule has 0 aromatic heterocycles. The van der Waals surface area contributed by atoms with Gasteiger partial charge < -0.3 is 5.11 Å². The Morgan fingerprint density at radius 2 is 1.26 bits per heavy atom. The average molecular weight is 462 g/mol. The fourth-order valence-electron chi connectivity index (χ4n) is 1.71. The lowest BCUT2D eigenvalue weighted by Gasteiger charge is -1.98. The van der Waals surface area contributed by atoms with Crippen molar-refractivity contribution in [2.75, 3.05) is 0 Å². The molecule has 0 aliphatic carbocycles. The highest BCUT2D eigenvalue weighted by Crippen LogP contribution is 2.12. The van der Waals surface area contributed by atoms with E-state index < -0.39 is 26.3 Å². The SMILES string of the molecule is C.Cc1cc(F)ccc1C(=O)Cl.Cc1cc(F)ccc1C(=O)O.O=S(Cl)Cl. The molecule has 150 valence electrons. The van der Waals surface area contributed by atoms with Gasteiger partial charge in [0.05, 0.1) is 5.56 Å². The zero-order valence-electron chi connectivity index (χ0n) is 13.4. The molecule has 0 fully saturated rings. The van der Waals surface area contributed by atoms with Crippen molar-refractivity contribution in [1.82, 2.24) is 0 Å². The van der Waals surface area contributed by atoms with Gasteiger partial charge in [-0.3, -0.25) is 4.79 Å². The third-order valence-corrected chi connectivity index (χ3v) is 3.02. The van der Waals surface area contributed by atoms with Crippen molar-refractivity contribution in [2.45, 2.75) is 21.3 Å². The van der Waals surface area contributed by atoms with Crippen LogP contribution < -0.4 is 0 Å². The molecule has 2 rings (SSSR count). The van der Waals surface area contributed by atoms with Crippen LogP contribution in [0.15, 0.2) is 36.4 Å². The minimum absolute atomic E-state index is 0. The smallest absolute Gasteiger partial charge is 0.335 e. The summed E-state index contributed by atoms with van der Waals surface area (Å²) in [6.07, 6.45) is 0. The Morgan fingerprint density at radius 3 is 1.52 bits per heavy atom. The van der Waals surface area contributed by atoms with Gasteiger partial charge >= 0.3 is 5.97 Å². The summed E-state index contributed by atoms with van der Waals surface area (Å²) < 4.78 is 34.0. The van der Waals surface area contributed by atoms with Crippen LogP contribution in [0.25, 0.3) is 0 Å². The number of rotatable bonds is 2. The van der Waals surface area contributed by atoms with Gasteiger partial charge in [-0.2, -0.15) is 0 Å². The molecule has 0 aliphatic rings. The van der Waals surface area contributed by atoms with Gasteiger partial charge in [0.15, 0.2) is 0 Å². The summed E-state index contributed by atoms with van der Waals surface area (Å²) in [5, 5.41) is 7.98. The van der Waals surface area contributed by atoms with Gasteiger partial charge in [0.1, 0.15) is 11.6 Å². The molecule has 0 heterocycles. The van der Waals surface area contributed by atoms with Crippen LogP contribution in [0.5, 0.6) is 0 Å². The van der Waals surface area contributed by atoms with Gasteiger partial charge in [-0.15, -0.1) is 0 Å².